The van der Waals surface area contributed by atoms with E-state index in [1.54, 1.807) is 14.2 Å². The lowest BCUT2D eigenvalue weighted by Gasteiger charge is -2.42. The zero-order chi connectivity index (χ0) is 11.6. The van der Waals surface area contributed by atoms with Crippen LogP contribution in [0.2, 0.25) is 0 Å². The normalized spacial score (nSPS) is 18.0. The van der Waals surface area contributed by atoms with Crippen molar-refractivity contribution in [2.45, 2.75) is 12.5 Å². The standard InChI is InChI=1S/C10H26N2O2/c1-11(2,3)9(13-7)10(14-8)12(4,5)6/h9-10H,1-8H3/q+2/t9-,10+. The number of hydrogen-bond acceptors (Lipinski definition) is 2. The summed E-state index contributed by atoms with van der Waals surface area (Å²) in [5.74, 6) is 0. The average molecular weight is 206 g/mol. The van der Waals surface area contributed by atoms with E-state index in [4.69, 9.17) is 9.47 Å². The van der Waals surface area contributed by atoms with E-state index in [9.17, 15) is 0 Å². The maximum atomic E-state index is 5.53. The van der Waals surface area contributed by atoms with Crippen molar-refractivity contribution in [1.29, 1.82) is 0 Å². The Hall–Kier alpha value is -0.160. The molecule has 0 aromatic heterocycles. The third-order valence-corrected chi connectivity index (χ3v) is 2.25. The molecule has 0 aromatic carbocycles. The zero-order valence-corrected chi connectivity index (χ0v) is 10.9. The molecule has 0 fully saturated rings. The number of methoxy groups -OCH3 is 2. The largest absolute Gasteiger partial charge is 0.326 e. The first-order valence-corrected chi connectivity index (χ1v) is 4.82. The van der Waals surface area contributed by atoms with Gasteiger partial charge in [0.1, 0.15) is 0 Å². The lowest BCUT2D eigenvalue weighted by atomic mass is 10.3. The third kappa shape index (κ3) is 3.53. The van der Waals surface area contributed by atoms with Gasteiger partial charge < -0.3 is 9.47 Å². The van der Waals surface area contributed by atoms with E-state index in [1.807, 2.05) is 0 Å². The predicted octanol–water partition coefficient (Wildman–Crippen LogP) is 0.344. The van der Waals surface area contributed by atoms with Gasteiger partial charge in [-0.2, -0.15) is 0 Å². The number of rotatable bonds is 5. The van der Waals surface area contributed by atoms with Gasteiger partial charge in [-0.1, -0.05) is 0 Å². The predicted molar refractivity (Wildman–Crippen MR) is 57.7 cm³/mol. The lowest BCUT2D eigenvalue weighted by molar-refractivity contribution is -0.997. The highest BCUT2D eigenvalue weighted by Crippen LogP contribution is 2.17. The van der Waals surface area contributed by atoms with E-state index in [2.05, 4.69) is 42.3 Å². The van der Waals surface area contributed by atoms with Crippen LogP contribution < -0.4 is 0 Å². The Morgan fingerprint density at radius 2 is 0.857 bits per heavy atom. The molecule has 0 rings (SSSR count). The monoisotopic (exact) mass is 206 g/mol. The fourth-order valence-corrected chi connectivity index (χ4v) is 1.63. The van der Waals surface area contributed by atoms with Gasteiger partial charge in [0.05, 0.1) is 42.3 Å². The molecule has 4 heteroatoms. The molecule has 0 aliphatic heterocycles. The van der Waals surface area contributed by atoms with Crippen LogP contribution in [-0.4, -0.2) is 77.9 Å². The molecule has 0 saturated carbocycles. The number of hydrogen-bond donors (Lipinski definition) is 0. The van der Waals surface area contributed by atoms with Gasteiger partial charge in [0, 0.05) is 14.2 Å². The van der Waals surface area contributed by atoms with Crippen LogP contribution in [0.1, 0.15) is 0 Å². The fourth-order valence-electron chi connectivity index (χ4n) is 1.63. The van der Waals surface area contributed by atoms with Crippen molar-refractivity contribution in [3.8, 4) is 0 Å². The molecule has 0 heterocycles. The average Bonchev–Trinajstić information content (AvgIpc) is 1.94. The van der Waals surface area contributed by atoms with Crippen molar-refractivity contribution < 1.29 is 18.4 Å². The molecule has 0 bridgehead atoms. The molecule has 2 atom stereocenters. The summed E-state index contributed by atoms with van der Waals surface area (Å²) in [6, 6.07) is 0. The summed E-state index contributed by atoms with van der Waals surface area (Å²) < 4.78 is 12.5. The first kappa shape index (κ1) is 13.8. The summed E-state index contributed by atoms with van der Waals surface area (Å²) >= 11 is 0. The molecule has 86 valence electrons. The number of ether oxygens (including phenoxy) is 2. The highest BCUT2D eigenvalue weighted by atomic mass is 16.6. The molecule has 14 heavy (non-hydrogen) atoms. The second kappa shape index (κ2) is 4.57. The minimum atomic E-state index is 0.0278. The SMILES string of the molecule is CO[C@H]([C@H](OC)[N+](C)(C)C)[N+](C)(C)C. The Bertz CT molecular complexity index is 150. The zero-order valence-electron chi connectivity index (χ0n) is 10.9. The summed E-state index contributed by atoms with van der Waals surface area (Å²) in [6.07, 6.45) is 0.0556. The van der Waals surface area contributed by atoms with Gasteiger partial charge in [0.2, 0.25) is 0 Å². The van der Waals surface area contributed by atoms with Gasteiger partial charge in [-0.3, -0.25) is 8.97 Å². The molecular weight excluding hydrogens is 180 g/mol. The van der Waals surface area contributed by atoms with Crippen molar-refractivity contribution in [3.63, 3.8) is 0 Å². The second-order valence-corrected chi connectivity index (χ2v) is 5.49. The molecule has 0 saturated heterocycles. The van der Waals surface area contributed by atoms with Gasteiger partial charge in [0.25, 0.3) is 12.5 Å². The summed E-state index contributed by atoms with van der Waals surface area (Å²) in [4.78, 5) is 0. The lowest BCUT2D eigenvalue weighted by Crippen LogP contribution is -2.62. The van der Waals surface area contributed by atoms with Gasteiger partial charge in [0.15, 0.2) is 0 Å². The van der Waals surface area contributed by atoms with Crippen molar-refractivity contribution in [2.24, 2.45) is 0 Å². The Morgan fingerprint density at radius 1 is 0.643 bits per heavy atom. The first-order chi connectivity index (χ1) is 6.14. The first-order valence-electron chi connectivity index (χ1n) is 4.82. The van der Waals surface area contributed by atoms with E-state index >= 15 is 0 Å². The van der Waals surface area contributed by atoms with Crippen LogP contribution in [0, 0.1) is 0 Å². The van der Waals surface area contributed by atoms with E-state index in [-0.39, 0.29) is 12.5 Å². The van der Waals surface area contributed by atoms with E-state index in [0.717, 1.165) is 8.97 Å². The van der Waals surface area contributed by atoms with E-state index in [1.165, 1.54) is 0 Å². The summed E-state index contributed by atoms with van der Waals surface area (Å²) in [5, 5.41) is 0. The van der Waals surface area contributed by atoms with Gasteiger partial charge >= 0.3 is 0 Å². The quantitative estimate of drug-likeness (QED) is 0.477. The summed E-state index contributed by atoms with van der Waals surface area (Å²) in [6.45, 7) is 0. The van der Waals surface area contributed by atoms with Crippen LogP contribution >= 0.6 is 0 Å². The molecule has 0 N–H and O–H groups in total. The van der Waals surface area contributed by atoms with Gasteiger partial charge in [-0.05, 0) is 0 Å². The molecule has 0 radical (unpaired) electrons. The Labute approximate surface area is 88.2 Å². The smallest absolute Gasteiger partial charge is 0.273 e. The maximum absolute atomic E-state index is 5.53. The molecule has 0 spiro atoms. The number of nitrogens with zero attached hydrogens (tertiary/aromatic N) is 2. The Balaban J connectivity index is 4.81. The van der Waals surface area contributed by atoms with E-state index in [0.29, 0.717) is 0 Å². The van der Waals surface area contributed by atoms with Crippen LogP contribution in [-0.2, 0) is 9.47 Å². The van der Waals surface area contributed by atoms with Crippen LogP contribution in [0.15, 0.2) is 0 Å². The third-order valence-electron chi connectivity index (χ3n) is 2.25. The van der Waals surface area contributed by atoms with Crippen LogP contribution in [0.25, 0.3) is 0 Å². The minimum Gasteiger partial charge on any atom is -0.326 e. The van der Waals surface area contributed by atoms with Crippen molar-refractivity contribution in [3.05, 3.63) is 0 Å². The molecule has 0 unspecified atom stereocenters. The Kier molecular flexibility index (Phi) is 4.52. The van der Waals surface area contributed by atoms with Crippen LogP contribution in [0.5, 0.6) is 0 Å². The topological polar surface area (TPSA) is 18.5 Å². The number of likely N-dealkylation sites (N-methyl/N-ethyl adjacent to an activating group) is 2. The molecule has 0 aromatic rings. The molecule has 0 aliphatic carbocycles. The molecule has 0 amide bonds. The van der Waals surface area contributed by atoms with Crippen molar-refractivity contribution in [1.82, 2.24) is 0 Å². The van der Waals surface area contributed by atoms with Gasteiger partial charge in [-0.15, -0.1) is 0 Å². The van der Waals surface area contributed by atoms with E-state index < -0.39 is 0 Å². The maximum Gasteiger partial charge on any atom is 0.273 e. The molecular formula is C10H26N2O2+2. The fraction of sp³-hybridized carbons (Fsp3) is 1.00. The minimum absolute atomic E-state index is 0.0278. The summed E-state index contributed by atoms with van der Waals surface area (Å²) in [7, 11) is 16.1. The van der Waals surface area contributed by atoms with Crippen molar-refractivity contribution >= 4 is 0 Å². The number of quaternary nitrogens is 2. The molecule has 0 aliphatic rings. The highest BCUT2D eigenvalue weighted by molar-refractivity contribution is 4.49. The molecule has 4 nitrogen and oxygen atoms in total. The summed E-state index contributed by atoms with van der Waals surface area (Å²) in [5.41, 5.74) is 0. The highest BCUT2D eigenvalue weighted by Gasteiger charge is 2.42. The second-order valence-electron chi connectivity index (χ2n) is 5.49. The van der Waals surface area contributed by atoms with Gasteiger partial charge in [-0.25, -0.2) is 0 Å². The van der Waals surface area contributed by atoms with Crippen LogP contribution in [0.4, 0.5) is 0 Å². The van der Waals surface area contributed by atoms with Crippen LogP contribution in [0.3, 0.4) is 0 Å². The Morgan fingerprint density at radius 3 is 0.929 bits per heavy atom. The van der Waals surface area contributed by atoms with Crippen molar-refractivity contribution in [2.75, 3.05) is 56.5 Å².